The Kier molecular flexibility index (Phi) is 8.05. The van der Waals surface area contributed by atoms with Crippen LogP contribution in [0.3, 0.4) is 0 Å². The van der Waals surface area contributed by atoms with E-state index in [4.69, 9.17) is 19.6 Å². The Hall–Kier alpha value is -1.24. The largest absolute Gasteiger partial charge is 0.493 e. The third kappa shape index (κ3) is 7.72. The van der Waals surface area contributed by atoms with Gasteiger partial charge in [-0.2, -0.15) is 0 Å². The molecule has 0 saturated heterocycles. The number of nitrogens with one attached hydrogen (secondary N) is 1. The summed E-state index contributed by atoms with van der Waals surface area (Å²) in [6, 6.07) is 7.45. The summed E-state index contributed by atoms with van der Waals surface area (Å²) in [5.74, 6) is 1.51. The third-order valence-electron chi connectivity index (χ3n) is 2.44. The molecule has 0 bridgehead atoms. The van der Waals surface area contributed by atoms with Gasteiger partial charge in [-0.1, -0.05) is 6.07 Å². The standard InChI is InChI=1S/C13H22BNO4/c1-14(17)15-7-10-19-13-6-4-5-12(11-13)18-9-3-2-8-16/h4-6,11,15-17H,2-3,7-10H2,1H3. The molecule has 6 heteroatoms. The Bertz CT molecular complexity index is 349. The second-order valence-corrected chi connectivity index (χ2v) is 4.23. The Balaban J connectivity index is 2.27. The fourth-order valence-corrected chi connectivity index (χ4v) is 1.49. The quantitative estimate of drug-likeness (QED) is 0.434. The number of benzene rings is 1. The van der Waals surface area contributed by atoms with Gasteiger partial charge in [0, 0.05) is 19.2 Å². The van der Waals surface area contributed by atoms with Crippen LogP contribution >= 0.6 is 0 Å². The summed E-state index contributed by atoms with van der Waals surface area (Å²) >= 11 is 0. The molecule has 0 aliphatic rings. The minimum Gasteiger partial charge on any atom is -0.493 e. The highest BCUT2D eigenvalue weighted by atomic mass is 16.5. The van der Waals surface area contributed by atoms with Crippen LogP contribution < -0.4 is 14.7 Å². The van der Waals surface area contributed by atoms with Crippen LogP contribution in [0.25, 0.3) is 0 Å². The molecule has 0 saturated carbocycles. The molecule has 0 spiro atoms. The van der Waals surface area contributed by atoms with Crippen molar-refractivity contribution in [2.45, 2.75) is 19.7 Å². The number of hydrogen-bond acceptors (Lipinski definition) is 5. The van der Waals surface area contributed by atoms with E-state index in [2.05, 4.69) is 5.23 Å². The molecular formula is C13H22BNO4. The van der Waals surface area contributed by atoms with Crippen molar-refractivity contribution in [2.75, 3.05) is 26.4 Å². The van der Waals surface area contributed by atoms with Crippen LogP contribution in [0, 0.1) is 0 Å². The zero-order valence-electron chi connectivity index (χ0n) is 11.3. The topological polar surface area (TPSA) is 71.0 Å². The first-order valence-electron chi connectivity index (χ1n) is 6.60. The van der Waals surface area contributed by atoms with Gasteiger partial charge in [0.25, 0.3) is 0 Å². The fourth-order valence-electron chi connectivity index (χ4n) is 1.49. The molecule has 0 aliphatic carbocycles. The molecule has 0 atom stereocenters. The van der Waals surface area contributed by atoms with Crippen molar-refractivity contribution in [1.29, 1.82) is 0 Å². The lowest BCUT2D eigenvalue weighted by molar-refractivity contribution is 0.252. The number of unbranched alkanes of at least 4 members (excludes halogenated alkanes) is 1. The first-order valence-corrected chi connectivity index (χ1v) is 6.60. The third-order valence-corrected chi connectivity index (χ3v) is 2.44. The van der Waals surface area contributed by atoms with Crippen LogP contribution in [-0.4, -0.2) is 43.5 Å². The van der Waals surface area contributed by atoms with E-state index in [9.17, 15) is 0 Å². The van der Waals surface area contributed by atoms with E-state index < -0.39 is 7.05 Å². The molecule has 0 radical (unpaired) electrons. The molecule has 0 amide bonds. The Morgan fingerprint density at radius 1 is 1.16 bits per heavy atom. The summed E-state index contributed by atoms with van der Waals surface area (Å²) in [4.78, 5) is 0. The minimum atomic E-state index is -0.523. The summed E-state index contributed by atoms with van der Waals surface area (Å²) in [5, 5.41) is 20.6. The number of aliphatic hydroxyl groups is 1. The van der Waals surface area contributed by atoms with Gasteiger partial charge >= 0.3 is 7.05 Å². The van der Waals surface area contributed by atoms with Crippen LogP contribution in [0.5, 0.6) is 11.5 Å². The molecule has 1 aromatic carbocycles. The van der Waals surface area contributed by atoms with E-state index in [0.29, 0.717) is 19.8 Å². The van der Waals surface area contributed by atoms with E-state index in [-0.39, 0.29) is 6.61 Å². The second kappa shape index (κ2) is 9.66. The maximum atomic E-state index is 9.03. The first-order chi connectivity index (χ1) is 9.22. The molecule has 0 heterocycles. The van der Waals surface area contributed by atoms with Crippen LogP contribution in [-0.2, 0) is 0 Å². The zero-order chi connectivity index (χ0) is 13.9. The van der Waals surface area contributed by atoms with Crippen LogP contribution in [0.1, 0.15) is 12.8 Å². The molecule has 106 valence electrons. The number of aliphatic hydroxyl groups excluding tert-OH is 1. The molecule has 1 rings (SSSR count). The molecule has 1 aromatic rings. The summed E-state index contributed by atoms with van der Waals surface area (Å²) in [6.45, 7) is 3.52. The summed E-state index contributed by atoms with van der Waals surface area (Å²) < 4.78 is 11.1. The van der Waals surface area contributed by atoms with Crippen molar-refractivity contribution >= 4 is 7.05 Å². The van der Waals surface area contributed by atoms with Gasteiger partial charge in [-0.3, -0.25) is 0 Å². The normalized spacial score (nSPS) is 10.3. The second-order valence-electron chi connectivity index (χ2n) is 4.23. The molecule has 0 unspecified atom stereocenters. The summed E-state index contributed by atoms with van der Waals surface area (Å²) in [7, 11) is -0.523. The SMILES string of the molecule is CB(O)NCCOc1cccc(OCCCCO)c1. The molecule has 0 fully saturated rings. The highest BCUT2D eigenvalue weighted by Gasteiger charge is 2.01. The van der Waals surface area contributed by atoms with Gasteiger partial charge in [-0.05, 0) is 31.8 Å². The average Bonchev–Trinajstić information content (AvgIpc) is 2.40. The molecule has 19 heavy (non-hydrogen) atoms. The Labute approximate surface area is 114 Å². The van der Waals surface area contributed by atoms with Gasteiger partial charge in [-0.15, -0.1) is 0 Å². The molecule has 0 aromatic heterocycles. The molecule has 3 N–H and O–H groups in total. The predicted molar refractivity (Wildman–Crippen MR) is 75.6 cm³/mol. The molecule has 0 aliphatic heterocycles. The van der Waals surface area contributed by atoms with E-state index in [1.165, 1.54) is 0 Å². The van der Waals surface area contributed by atoms with E-state index in [1.54, 1.807) is 6.82 Å². The van der Waals surface area contributed by atoms with Crippen molar-refractivity contribution in [3.63, 3.8) is 0 Å². The maximum Gasteiger partial charge on any atom is 0.373 e. The summed E-state index contributed by atoms with van der Waals surface area (Å²) in [6.07, 6.45) is 1.58. The number of rotatable bonds is 10. The van der Waals surface area contributed by atoms with E-state index >= 15 is 0 Å². The van der Waals surface area contributed by atoms with Crippen molar-refractivity contribution in [1.82, 2.24) is 5.23 Å². The zero-order valence-corrected chi connectivity index (χ0v) is 11.3. The smallest absolute Gasteiger partial charge is 0.373 e. The van der Waals surface area contributed by atoms with Gasteiger partial charge in [0.15, 0.2) is 0 Å². The fraction of sp³-hybridized carbons (Fsp3) is 0.538. The van der Waals surface area contributed by atoms with Gasteiger partial charge in [-0.25, -0.2) is 0 Å². The highest BCUT2D eigenvalue weighted by Crippen LogP contribution is 2.19. The highest BCUT2D eigenvalue weighted by molar-refractivity contribution is 6.45. The lowest BCUT2D eigenvalue weighted by Crippen LogP contribution is -2.33. The van der Waals surface area contributed by atoms with E-state index in [1.807, 2.05) is 24.3 Å². The lowest BCUT2D eigenvalue weighted by atomic mass is 9.89. The van der Waals surface area contributed by atoms with Crippen molar-refractivity contribution < 1.29 is 19.6 Å². The number of ether oxygens (including phenoxy) is 2. The maximum absolute atomic E-state index is 9.03. The minimum absolute atomic E-state index is 0.197. The van der Waals surface area contributed by atoms with Crippen LogP contribution in [0.4, 0.5) is 0 Å². The average molecular weight is 267 g/mol. The molecule has 5 nitrogen and oxygen atoms in total. The predicted octanol–water partition coefficient (Wildman–Crippen LogP) is 0.917. The van der Waals surface area contributed by atoms with Crippen molar-refractivity contribution in [3.05, 3.63) is 24.3 Å². The van der Waals surface area contributed by atoms with Gasteiger partial charge in [0.05, 0.1) is 13.2 Å². The summed E-state index contributed by atoms with van der Waals surface area (Å²) in [5.41, 5.74) is 0. The van der Waals surface area contributed by atoms with Gasteiger partial charge in [0.1, 0.15) is 11.5 Å². The monoisotopic (exact) mass is 267 g/mol. The number of hydrogen-bond donors (Lipinski definition) is 3. The van der Waals surface area contributed by atoms with Crippen LogP contribution in [0.15, 0.2) is 24.3 Å². The Morgan fingerprint density at radius 3 is 2.47 bits per heavy atom. The lowest BCUT2D eigenvalue weighted by Gasteiger charge is -2.10. The van der Waals surface area contributed by atoms with E-state index in [0.717, 1.165) is 24.3 Å². The van der Waals surface area contributed by atoms with Crippen LogP contribution in [0.2, 0.25) is 6.82 Å². The van der Waals surface area contributed by atoms with Gasteiger partial charge < -0.3 is 24.8 Å². The Morgan fingerprint density at radius 2 is 1.84 bits per heavy atom. The molecular weight excluding hydrogens is 245 g/mol. The van der Waals surface area contributed by atoms with Crippen molar-refractivity contribution in [2.24, 2.45) is 0 Å². The van der Waals surface area contributed by atoms with Gasteiger partial charge in [0.2, 0.25) is 0 Å². The first kappa shape index (κ1) is 15.8. The van der Waals surface area contributed by atoms with Crippen molar-refractivity contribution in [3.8, 4) is 11.5 Å².